The Morgan fingerprint density at radius 2 is 2.00 bits per heavy atom. The molecule has 14 heavy (non-hydrogen) atoms. The number of methoxy groups -OCH3 is 3. The SMILES string of the molecule is COC[C@@H]1C[C@H](OC)[C@H](OC)C(O)O1. The molecule has 1 heterocycles. The van der Waals surface area contributed by atoms with E-state index < -0.39 is 12.4 Å². The smallest absolute Gasteiger partial charge is 0.184 e. The summed E-state index contributed by atoms with van der Waals surface area (Å²) in [6, 6.07) is 0. The normalized spacial score (nSPS) is 38.6. The number of aliphatic hydroxyl groups excluding tert-OH is 1. The number of ether oxygens (including phenoxy) is 4. The summed E-state index contributed by atoms with van der Waals surface area (Å²) in [6.45, 7) is 0.452. The predicted molar refractivity (Wildman–Crippen MR) is 49.0 cm³/mol. The molecule has 0 saturated carbocycles. The van der Waals surface area contributed by atoms with Crippen molar-refractivity contribution in [2.45, 2.75) is 31.0 Å². The van der Waals surface area contributed by atoms with Gasteiger partial charge in [0.2, 0.25) is 0 Å². The zero-order chi connectivity index (χ0) is 10.6. The van der Waals surface area contributed by atoms with Gasteiger partial charge < -0.3 is 24.1 Å². The van der Waals surface area contributed by atoms with E-state index in [4.69, 9.17) is 18.9 Å². The van der Waals surface area contributed by atoms with Crippen LogP contribution in [0.4, 0.5) is 0 Å². The van der Waals surface area contributed by atoms with E-state index in [2.05, 4.69) is 0 Å². The van der Waals surface area contributed by atoms with Crippen molar-refractivity contribution >= 4 is 0 Å². The third kappa shape index (κ3) is 2.65. The molecule has 4 atom stereocenters. The number of rotatable bonds is 4. The Kier molecular flexibility index (Phi) is 4.77. The Hall–Kier alpha value is -0.200. The largest absolute Gasteiger partial charge is 0.382 e. The molecule has 1 aliphatic heterocycles. The van der Waals surface area contributed by atoms with Crippen LogP contribution in [0.3, 0.4) is 0 Å². The Bertz CT molecular complexity index is 163. The summed E-state index contributed by atoms with van der Waals surface area (Å²) >= 11 is 0. The molecule has 0 aromatic rings. The van der Waals surface area contributed by atoms with E-state index in [1.54, 1.807) is 14.2 Å². The lowest BCUT2D eigenvalue weighted by molar-refractivity contribution is -0.263. The maximum Gasteiger partial charge on any atom is 0.184 e. The highest BCUT2D eigenvalue weighted by atomic mass is 16.7. The van der Waals surface area contributed by atoms with Crippen molar-refractivity contribution < 1.29 is 24.1 Å². The van der Waals surface area contributed by atoms with E-state index >= 15 is 0 Å². The third-order valence-electron chi connectivity index (χ3n) is 2.40. The van der Waals surface area contributed by atoms with Crippen LogP contribution < -0.4 is 0 Å². The average Bonchev–Trinajstić information content (AvgIpc) is 2.17. The van der Waals surface area contributed by atoms with E-state index in [9.17, 15) is 5.11 Å². The summed E-state index contributed by atoms with van der Waals surface area (Å²) in [7, 11) is 4.72. The molecule has 5 heteroatoms. The van der Waals surface area contributed by atoms with E-state index in [-0.39, 0.29) is 12.2 Å². The van der Waals surface area contributed by atoms with Crippen LogP contribution in [0.5, 0.6) is 0 Å². The first-order chi connectivity index (χ1) is 6.72. The molecule has 5 nitrogen and oxygen atoms in total. The molecule has 0 radical (unpaired) electrons. The van der Waals surface area contributed by atoms with Crippen LogP contribution >= 0.6 is 0 Å². The van der Waals surface area contributed by atoms with Gasteiger partial charge >= 0.3 is 0 Å². The van der Waals surface area contributed by atoms with Gasteiger partial charge in [0.05, 0.1) is 18.8 Å². The highest BCUT2D eigenvalue weighted by Gasteiger charge is 2.38. The van der Waals surface area contributed by atoms with Gasteiger partial charge in [-0.15, -0.1) is 0 Å². The van der Waals surface area contributed by atoms with Crippen molar-refractivity contribution in [3.63, 3.8) is 0 Å². The molecule has 0 aliphatic carbocycles. The molecular weight excluding hydrogens is 188 g/mol. The van der Waals surface area contributed by atoms with Gasteiger partial charge in [0.25, 0.3) is 0 Å². The minimum absolute atomic E-state index is 0.133. The maximum absolute atomic E-state index is 9.58. The van der Waals surface area contributed by atoms with Crippen LogP contribution in [0.1, 0.15) is 6.42 Å². The first-order valence-electron chi connectivity index (χ1n) is 4.61. The minimum Gasteiger partial charge on any atom is -0.382 e. The highest BCUT2D eigenvalue weighted by Crippen LogP contribution is 2.23. The quantitative estimate of drug-likeness (QED) is 0.688. The van der Waals surface area contributed by atoms with Gasteiger partial charge in [0.1, 0.15) is 6.10 Å². The van der Waals surface area contributed by atoms with Gasteiger partial charge in [-0.3, -0.25) is 0 Å². The summed E-state index contributed by atoms with van der Waals surface area (Å²) in [6.07, 6.45) is -0.984. The molecule has 0 spiro atoms. The second-order valence-corrected chi connectivity index (χ2v) is 3.31. The summed E-state index contributed by atoms with van der Waals surface area (Å²) < 4.78 is 20.6. The number of aliphatic hydroxyl groups is 1. The fourth-order valence-corrected chi connectivity index (χ4v) is 1.70. The Balaban J connectivity index is 2.53. The number of hydrogen-bond acceptors (Lipinski definition) is 5. The summed E-state index contributed by atoms with van der Waals surface area (Å²) in [5.41, 5.74) is 0. The zero-order valence-corrected chi connectivity index (χ0v) is 8.80. The van der Waals surface area contributed by atoms with Gasteiger partial charge in [-0.2, -0.15) is 0 Å². The Labute approximate surface area is 83.9 Å². The lowest BCUT2D eigenvalue weighted by Gasteiger charge is -2.37. The molecule has 1 unspecified atom stereocenters. The van der Waals surface area contributed by atoms with Crippen LogP contribution in [-0.4, -0.2) is 57.6 Å². The van der Waals surface area contributed by atoms with Crippen molar-refractivity contribution in [2.75, 3.05) is 27.9 Å². The summed E-state index contributed by atoms with van der Waals surface area (Å²) in [4.78, 5) is 0. The van der Waals surface area contributed by atoms with Crippen LogP contribution in [0.2, 0.25) is 0 Å². The Morgan fingerprint density at radius 1 is 1.29 bits per heavy atom. The second kappa shape index (κ2) is 5.63. The molecule has 0 bridgehead atoms. The van der Waals surface area contributed by atoms with E-state index in [1.807, 2.05) is 0 Å². The lowest BCUT2D eigenvalue weighted by Crippen LogP contribution is -2.51. The Morgan fingerprint density at radius 3 is 2.50 bits per heavy atom. The van der Waals surface area contributed by atoms with Crippen molar-refractivity contribution in [2.24, 2.45) is 0 Å². The van der Waals surface area contributed by atoms with Crippen molar-refractivity contribution in [3.05, 3.63) is 0 Å². The maximum atomic E-state index is 9.58. The van der Waals surface area contributed by atoms with E-state index in [0.29, 0.717) is 13.0 Å². The van der Waals surface area contributed by atoms with Crippen LogP contribution in [0.15, 0.2) is 0 Å². The van der Waals surface area contributed by atoms with Crippen molar-refractivity contribution in [1.29, 1.82) is 0 Å². The molecule has 1 aliphatic rings. The van der Waals surface area contributed by atoms with Gasteiger partial charge in [-0.05, 0) is 0 Å². The standard InChI is InChI=1S/C9H18O5/c1-11-5-6-4-7(12-2)8(13-3)9(10)14-6/h6-10H,4-5H2,1-3H3/t6-,7-,8-,9?/m0/s1. The molecular formula is C9H18O5. The number of hydrogen-bond donors (Lipinski definition) is 1. The molecule has 1 fully saturated rings. The topological polar surface area (TPSA) is 57.2 Å². The first kappa shape index (κ1) is 11.9. The molecule has 0 aromatic heterocycles. The molecule has 1 saturated heterocycles. The second-order valence-electron chi connectivity index (χ2n) is 3.31. The predicted octanol–water partition coefficient (Wildman–Crippen LogP) is -0.230. The fraction of sp³-hybridized carbons (Fsp3) is 1.00. The fourth-order valence-electron chi connectivity index (χ4n) is 1.70. The third-order valence-corrected chi connectivity index (χ3v) is 2.40. The summed E-state index contributed by atoms with van der Waals surface area (Å²) in [5.74, 6) is 0. The highest BCUT2D eigenvalue weighted by molar-refractivity contribution is 4.82. The van der Waals surface area contributed by atoms with Gasteiger partial charge in [0, 0.05) is 27.8 Å². The van der Waals surface area contributed by atoms with Gasteiger partial charge in [0.15, 0.2) is 6.29 Å². The zero-order valence-electron chi connectivity index (χ0n) is 8.80. The van der Waals surface area contributed by atoms with Crippen molar-refractivity contribution in [3.8, 4) is 0 Å². The average molecular weight is 206 g/mol. The molecule has 1 rings (SSSR count). The lowest BCUT2D eigenvalue weighted by atomic mass is 10.0. The van der Waals surface area contributed by atoms with Crippen LogP contribution in [-0.2, 0) is 18.9 Å². The first-order valence-corrected chi connectivity index (χ1v) is 4.61. The molecule has 0 aromatic carbocycles. The molecule has 84 valence electrons. The molecule has 1 N–H and O–H groups in total. The van der Waals surface area contributed by atoms with Crippen LogP contribution in [0.25, 0.3) is 0 Å². The minimum atomic E-state index is -0.946. The van der Waals surface area contributed by atoms with Crippen LogP contribution in [0, 0.1) is 0 Å². The van der Waals surface area contributed by atoms with E-state index in [1.165, 1.54) is 7.11 Å². The molecule has 0 amide bonds. The van der Waals surface area contributed by atoms with E-state index in [0.717, 1.165) is 0 Å². The van der Waals surface area contributed by atoms with Gasteiger partial charge in [-0.25, -0.2) is 0 Å². The van der Waals surface area contributed by atoms with Crippen molar-refractivity contribution in [1.82, 2.24) is 0 Å². The monoisotopic (exact) mass is 206 g/mol. The summed E-state index contributed by atoms with van der Waals surface area (Å²) in [5, 5.41) is 9.58. The van der Waals surface area contributed by atoms with Gasteiger partial charge in [-0.1, -0.05) is 0 Å².